The van der Waals surface area contributed by atoms with Crippen molar-refractivity contribution in [2.24, 2.45) is 0 Å². The molecule has 0 saturated carbocycles. The highest BCUT2D eigenvalue weighted by Gasteiger charge is 2.31. The first-order valence-corrected chi connectivity index (χ1v) is 10.3. The Kier molecular flexibility index (Phi) is 6.53. The van der Waals surface area contributed by atoms with Crippen LogP contribution in [0.2, 0.25) is 5.02 Å². The molecule has 140 valence electrons. The largest absolute Gasteiger partial charge is 0.478 e. The number of anilines is 1. The van der Waals surface area contributed by atoms with Crippen molar-refractivity contribution in [1.82, 2.24) is 10.2 Å². The molecular formula is C16H24ClN3O4S. The van der Waals surface area contributed by atoms with Crippen LogP contribution in [0.15, 0.2) is 18.2 Å². The molecule has 1 aliphatic rings. The SMILES string of the molecule is CN(C)CCCNC(=O)C1CCN(S(C)(=O)=O)c2cc(Cl)ccc2O1. The van der Waals surface area contributed by atoms with Crippen molar-refractivity contribution in [3.8, 4) is 5.75 Å². The van der Waals surface area contributed by atoms with Gasteiger partial charge in [-0.1, -0.05) is 11.6 Å². The molecule has 1 heterocycles. The van der Waals surface area contributed by atoms with Gasteiger partial charge in [-0.2, -0.15) is 0 Å². The lowest BCUT2D eigenvalue weighted by molar-refractivity contribution is -0.128. The number of amides is 1. The second-order valence-corrected chi connectivity index (χ2v) is 8.63. The number of halogens is 1. The van der Waals surface area contributed by atoms with Gasteiger partial charge >= 0.3 is 0 Å². The van der Waals surface area contributed by atoms with Gasteiger partial charge in [-0.05, 0) is 45.3 Å². The normalized spacial score (nSPS) is 17.6. The highest BCUT2D eigenvalue weighted by molar-refractivity contribution is 7.92. The third-order valence-corrected chi connectivity index (χ3v) is 5.24. The highest BCUT2D eigenvalue weighted by Crippen LogP contribution is 2.36. The van der Waals surface area contributed by atoms with Crippen LogP contribution in [-0.2, 0) is 14.8 Å². The Morgan fingerprint density at radius 1 is 1.44 bits per heavy atom. The van der Waals surface area contributed by atoms with Crippen LogP contribution in [-0.4, -0.2) is 65.3 Å². The van der Waals surface area contributed by atoms with E-state index in [0.29, 0.717) is 23.0 Å². The Labute approximate surface area is 153 Å². The Balaban J connectivity index is 2.13. The summed E-state index contributed by atoms with van der Waals surface area (Å²) in [6, 6.07) is 4.74. The lowest BCUT2D eigenvalue weighted by atomic mass is 10.2. The maximum Gasteiger partial charge on any atom is 0.261 e. The Morgan fingerprint density at radius 2 is 2.16 bits per heavy atom. The van der Waals surface area contributed by atoms with Crippen molar-refractivity contribution in [3.63, 3.8) is 0 Å². The molecule has 9 heteroatoms. The van der Waals surface area contributed by atoms with Crippen molar-refractivity contribution in [3.05, 3.63) is 23.2 Å². The number of carbonyl (C=O) groups excluding carboxylic acids is 1. The number of hydrogen-bond donors (Lipinski definition) is 1. The summed E-state index contributed by atoms with van der Waals surface area (Å²) in [7, 11) is 0.439. The summed E-state index contributed by atoms with van der Waals surface area (Å²) in [5.41, 5.74) is 0.359. The highest BCUT2D eigenvalue weighted by atomic mass is 35.5. The number of fused-ring (bicyclic) bond motifs is 1. The van der Waals surface area contributed by atoms with E-state index in [0.717, 1.165) is 19.2 Å². The van der Waals surface area contributed by atoms with Gasteiger partial charge in [0.2, 0.25) is 10.0 Å². The molecule has 1 atom stereocenters. The molecule has 0 bridgehead atoms. The van der Waals surface area contributed by atoms with Crippen molar-refractivity contribution in [1.29, 1.82) is 0 Å². The molecule has 0 spiro atoms. The maximum absolute atomic E-state index is 12.4. The molecule has 0 aliphatic carbocycles. The molecule has 0 saturated heterocycles. The minimum atomic E-state index is -3.50. The van der Waals surface area contributed by atoms with Gasteiger partial charge in [0.25, 0.3) is 5.91 Å². The van der Waals surface area contributed by atoms with E-state index in [9.17, 15) is 13.2 Å². The molecular weight excluding hydrogens is 366 g/mol. The van der Waals surface area contributed by atoms with Gasteiger partial charge in [0, 0.05) is 24.5 Å². The first-order chi connectivity index (χ1) is 11.7. The van der Waals surface area contributed by atoms with Crippen molar-refractivity contribution < 1.29 is 17.9 Å². The molecule has 1 unspecified atom stereocenters. The molecule has 2 rings (SSSR count). The van der Waals surface area contributed by atoms with Gasteiger partial charge in [-0.3, -0.25) is 9.10 Å². The van der Waals surface area contributed by atoms with Crippen LogP contribution in [0.1, 0.15) is 12.8 Å². The number of hydrogen-bond acceptors (Lipinski definition) is 5. The summed E-state index contributed by atoms with van der Waals surface area (Å²) in [4.78, 5) is 14.4. The number of sulfonamides is 1. The predicted molar refractivity (Wildman–Crippen MR) is 98.9 cm³/mol. The number of carbonyl (C=O) groups is 1. The second-order valence-electron chi connectivity index (χ2n) is 6.29. The number of benzene rings is 1. The van der Waals surface area contributed by atoms with Gasteiger partial charge in [0.05, 0.1) is 11.9 Å². The fraction of sp³-hybridized carbons (Fsp3) is 0.562. The average Bonchev–Trinajstić information content (AvgIpc) is 2.70. The predicted octanol–water partition coefficient (Wildman–Crippen LogP) is 1.33. The van der Waals surface area contributed by atoms with E-state index in [1.54, 1.807) is 12.1 Å². The third-order valence-electron chi connectivity index (χ3n) is 3.83. The van der Waals surface area contributed by atoms with Crippen LogP contribution in [0, 0.1) is 0 Å². The minimum absolute atomic E-state index is 0.155. The summed E-state index contributed by atoms with van der Waals surface area (Å²) in [5, 5.41) is 3.25. The van der Waals surface area contributed by atoms with Gasteiger partial charge in [0.15, 0.2) is 6.10 Å². The van der Waals surface area contributed by atoms with E-state index in [1.165, 1.54) is 10.4 Å². The zero-order valence-electron chi connectivity index (χ0n) is 14.7. The summed E-state index contributed by atoms with van der Waals surface area (Å²) < 4.78 is 31.2. The minimum Gasteiger partial charge on any atom is -0.478 e. The van der Waals surface area contributed by atoms with E-state index in [2.05, 4.69) is 5.32 Å². The fourth-order valence-electron chi connectivity index (χ4n) is 2.60. The molecule has 1 N–H and O–H groups in total. The third kappa shape index (κ3) is 5.49. The molecule has 1 aliphatic heterocycles. The molecule has 25 heavy (non-hydrogen) atoms. The zero-order chi connectivity index (χ0) is 18.6. The molecule has 1 aromatic carbocycles. The quantitative estimate of drug-likeness (QED) is 0.742. The Morgan fingerprint density at radius 3 is 2.80 bits per heavy atom. The summed E-state index contributed by atoms with van der Waals surface area (Å²) in [6.45, 7) is 1.57. The van der Waals surface area contributed by atoms with Gasteiger partial charge in [-0.15, -0.1) is 0 Å². The van der Waals surface area contributed by atoms with E-state index in [4.69, 9.17) is 16.3 Å². The van der Waals surface area contributed by atoms with Crippen molar-refractivity contribution >= 4 is 33.2 Å². The smallest absolute Gasteiger partial charge is 0.261 e. The van der Waals surface area contributed by atoms with Crippen LogP contribution in [0.4, 0.5) is 5.69 Å². The first-order valence-electron chi connectivity index (χ1n) is 8.05. The molecule has 1 amide bonds. The lowest BCUT2D eigenvalue weighted by Crippen LogP contribution is -2.40. The van der Waals surface area contributed by atoms with E-state index in [-0.39, 0.29) is 18.9 Å². The van der Waals surface area contributed by atoms with Crippen molar-refractivity contribution in [2.75, 3.05) is 44.3 Å². The van der Waals surface area contributed by atoms with Crippen LogP contribution < -0.4 is 14.4 Å². The topological polar surface area (TPSA) is 79.0 Å². The van der Waals surface area contributed by atoms with Crippen LogP contribution in [0.3, 0.4) is 0 Å². The second kappa shape index (κ2) is 8.25. The molecule has 0 radical (unpaired) electrons. The molecule has 0 fully saturated rings. The van der Waals surface area contributed by atoms with Crippen LogP contribution >= 0.6 is 11.6 Å². The van der Waals surface area contributed by atoms with Gasteiger partial charge in [0.1, 0.15) is 5.75 Å². The Bertz CT molecular complexity index is 724. The van der Waals surface area contributed by atoms with Crippen molar-refractivity contribution in [2.45, 2.75) is 18.9 Å². The van der Waals surface area contributed by atoms with E-state index < -0.39 is 16.1 Å². The zero-order valence-corrected chi connectivity index (χ0v) is 16.2. The monoisotopic (exact) mass is 389 g/mol. The summed E-state index contributed by atoms with van der Waals surface area (Å²) in [6.07, 6.45) is 1.47. The number of ether oxygens (including phenoxy) is 1. The molecule has 7 nitrogen and oxygen atoms in total. The maximum atomic E-state index is 12.4. The van der Waals surface area contributed by atoms with Crippen LogP contribution in [0.5, 0.6) is 5.75 Å². The standard InChI is InChI=1S/C16H24ClN3O4S/c1-19(2)9-4-8-18-16(21)15-7-10-20(25(3,22)23)13-11-12(17)5-6-14(13)24-15/h5-6,11,15H,4,7-10H2,1-3H3,(H,18,21). The first kappa shape index (κ1) is 19.8. The molecule has 0 aromatic heterocycles. The number of rotatable bonds is 6. The molecule has 1 aromatic rings. The lowest BCUT2D eigenvalue weighted by Gasteiger charge is -2.21. The van der Waals surface area contributed by atoms with Gasteiger partial charge in [-0.25, -0.2) is 8.42 Å². The number of nitrogens with one attached hydrogen (secondary N) is 1. The van der Waals surface area contributed by atoms with E-state index in [1.807, 2.05) is 19.0 Å². The van der Waals surface area contributed by atoms with Crippen LogP contribution in [0.25, 0.3) is 0 Å². The average molecular weight is 390 g/mol. The number of nitrogens with zero attached hydrogens (tertiary/aromatic N) is 2. The van der Waals surface area contributed by atoms with E-state index >= 15 is 0 Å². The Hall–Kier alpha value is -1.51. The fourth-order valence-corrected chi connectivity index (χ4v) is 3.71. The summed E-state index contributed by atoms with van der Waals surface area (Å²) >= 11 is 5.99. The summed E-state index contributed by atoms with van der Waals surface area (Å²) in [5.74, 6) is 0.0933. The van der Waals surface area contributed by atoms with Gasteiger partial charge < -0.3 is 15.0 Å².